The number of halogens is 1. The summed E-state index contributed by atoms with van der Waals surface area (Å²) in [6, 6.07) is 19.0. The highest BCUT2D eigenvalue weighted by Crippen LogP contribution is 2.15. The lowest BCUT2D eigenvalue weighted by Crippen LogP contribution is -2.47. The number of carbonyl (C=O) groups excluding carboxylic acids is 2. The fourth-order valence-corrected chi connectivity index (χ4v) is 2.87. The first kappa shape index (κ1) is 18.7. The van der Waals surface area contributed by atoms with Crippen molar-refractivity contribution in [3.63, 3.8) is 0 Å². The van der Waals surface area contributed by atoms with Crippen molar-refractivity contribution in [2.24, 2.45) is 0 Å². The molecule has 0 aliphatic heterocycles. The Kier molecular flexibility index (Phi) is 6.28. The highest BCUT2D eigenvalue weighted by molar-refractivity contribution is 6.33. The van der Waals surface area contributed by atoms with Crippen molar-refractivity contribution in [1.82, 2.24) is 10.6 Å². The second-order valence-corrected chi connectivity index (χ2v) is 6.40. The average Bonchev–Trinajstić information content (AvgIpc) is 3.20. The molecule has 0 spiro atoms. The maximum Gasteiger partial charge on any atom is 0.253 e. The minimum atomic E-state index is -0.744. The molecule has 27 heavy (non-hydrogen) atoms. The highest BCUT2D eigenvalue weighted by atomic mass is 35.5. The van der Waals surface area contributed by atoms with Crippen LogP contribution in [0.2, 0.25) is 5.02 Å². The SMILES string of the molecule is O=C(N[C@@H](Cc1ccccc1)C(=O)NCc1ccco1)c1ccccc1Cl. The smallest absolute Gasteiger partial charge is 0.253 e. The molecule has 5 nitrogen and oxygen atoms in total. The quantitative estimate of drug-likeness (QED) is 0.656. The van der Waals surface area contributed by atoms with Crippen molar-refractivity contribution < 1.29 is 14.0 Å². The number of furan rings is 1. The maximum atomic E-state index is 12.7. The fraction of sp³-hybridized carbons (Fsp3) is 0.143. The van der Waals surface area contributed by atoms with E-state index in [2.05, 4.69) is 10.6 Å². The molecule has 0 bridgehead atoms. The van der Waals surface area contributed by atoms with Gasteiger partial charge in [-0.25, -0.2) is 0 Å². The number of rotatable bonds is 7. The van der Waals surface area contributed by atoms with Crippen LogP contribution in [-0.2, 0) is 17.8 Å². The van der Waals surface area contributed by atoms with Crippen molar-refractivity contribution >= 4 is 23.4 Å². The molecule has 0 saturated heterocycles. The molecule has 0 radical (unpaired) electrons. The molecule has 0 fully saturated rings. The topological polar surface area (TPSA) is 71.3 Å². The Labute approximate surface area is 162 Å². The van der Waals surface area contributed by atoms with Crippen molar-refractivity contribution in [3.8, 4) is 0 Å². The lowest BCUT2D eigenvalue weighted by Gasteiger charge is -2.19. The van der Waals surface area contributed by atoms with Crippen molar-refractivity contribution in [2.45, 2.75) is 19.0 Å². The first-order chi connectivity index (χ1) is 13.1. The molecule has 3 rings (SSSR count). The van der Waals surface area contributed by atoms with Gasteiger partial charge >= 0.3 is 0 Å². The van der Waals surface area contributed by atoms with Crippen LogP contribution in [0.5, 0.6) is 0 Å². The zero-order valence-corrected chi connectivity index (χ0v) is 15.3. The molecule has 1 heterocycles. The van der Waals surface area contributed by atoms with Gasteiger partial charge in [-0.05, 0) is 29.8 Å². The van der Waals surface area contributed by atoms with Gasteiger partial charge in [-0.1, -0.05) is 54.1 Å². The Balaban J connectivity index is 1.73. The van der Waals surface area contributed by atoms with Crippen molar-refractivity contribution in [2.75, 3.05) is 0 Å². The molecule has 6 heteroatoms. The fourth-order valence-electron chi connectivity index (χ4n) is 2.65. The van der Waals surface area contributed by atoms with Crippen LogP contribution in [0.15, 0.2) is 77.4 Å². The number of hydrogen-bond donors (Lipinski definition) is 2. The van der Waals surface area contributed by atoms with Gasteiger partial charge < -0.3 is 15.1 Å². The van der Waals surface area contributed by atoms with E-state index in [1.54, 1.807) is 42.7 Å². The summed E-state index contributed by atoms with van der Waals surface area (Å²) in [5, 5.41) is 5.92. The Bertz CT molecular complexity index is 895. The second-order valence-electron chi connectivity index (χ2n) is 5.99. The lowest BCUT2D eigenvalue weighted by atomic mass is 10.0. The molecular weight excluding hydrogens is 364 g/mol. The van der Waals surface area contributed by atoms with Gasteiger partial charge in [0.2, 0.25) is 5.91 Å². The van der Waals surface area contributed by atoms with Crippen LogP contribution in [0.25, 0.3) is 0 Å². The summed E-state index contributed by atoms with van der Waals surface area (Å²) in [5.41, 5.74) is 1.27. The van der Waals surface area contributed by atoms with E-state index in [1.807, 2.05) is 30.3 Å². The second kappa shape index (κ2) is 9.05. The lowest BCUT2D eigenvalue weighted by molar-refractivity contribution is -0.123. The van der Waals surface area contributed by atoms with Gasteiger partial charge in [0, 0.05) is 6.42 Å². The van der Waals surface area contributed by atoms with Crippen LogP contribution in [0.1, 0.15) is 21.7 Å². The van der Waals surface area contributed by atoms with E-state index in [1.165, 1.54) is 0 Å². The van der Waals surface area contributed by atoms with E-state index in [0.717, 1.165) is 5.56 Å². The number of benzene rings is 2. The van der Waals surface area contributed by atoms with Gasteiger partial charge in [-0.2, -0.15) is 0 Å². The Morgan fingerprint density at radius 2 is 1.70 bits per heavy atom. The van der Waals surface area contributed by atoms with Gasteiger partial charge in [0.15, 0.2) is 0 Å². The minimum absolute atomic E-state index is 0.249. The largest absolute Gasteiger partial charge is 0.467 e. The molecule has 138 valence electrons. The van der Waals surface area contributed by atoms with Crippen LogP contribution >= 0.6 is 11.6 Å². The third-order valence-electron chi connectivity index (χ3n) is 4.04. The molecule has 2 N–H and O–H groups in total. The van der Waals surface area contributed by atoms with Crippen LogP contribution in [0, 0.1) is 0 Å². The third kappa shape index (κ3) is 5.21. The van der Waals surface area contributed by atoms with E-state index in [0.29, 0.717) is 22.8 Å². The Morgan fingerprint density at radius 1 is 0.963 bits per heavy atom. The van der Waals surface area contributed by atoms with Crippen LogP contribution in [-0.4, -0.2) is 17.9 Å². The molecule has 0 unspecified atom stereocenters. The summed E-state index contributed by atoms with van der Waals surface area (Å²) in [6.45, 7) is 0.249. The van der Waals surface area contributed by atoms with Crippen molar-refractivity contribution in [3.05, 3.63) is 94.9 Å². The molecule has 0 saturated carbocycles. The highest BCUT2D eigenvalue weighted by Gasteiger charge is 2.23. The van der Waals surface area contributed by atoms with Gasteiger partial charge in [-0.3, -0.25) is 9.59 Å². The van der Waals surface area contributed by atoms with E-state index < -0.39 is 11.9 Å². The van der Waals surface area contributed by atoms with E-state index in [9.17, 15) is 9.59 Å². The molecule has 0 aliphatic carbocycles. The predicted molar refractivity (Wildman–Crippen MR) is 103 cm³/mol. The average molecular weight is 383 g/mol. The number of carbonyl (C=O) groups is 2. The zero-order chi connectivity index (χ0) is 19.1. The zero-order valence-electron chi connectivity index (χ0n) is 14.5. The van der Waals surface area contributed by atoms with Crippen LogP contribution in [0.3, 0.4) is 0 Å². The molecule has 3 aromatic rings. The first-order valence-corrected chi connectivity index (χ1v) is 8.90. The summed E-state index contributed by atoms with van der Waals surface area (Å²) >= 11 is 6.10. The third-order valence-corrected chi connectivity index (χ3v) is 4.37. The monoisotopic (exact) mass is 382 g/mol. The Hall–Kier alpha value is -3.05. The number of nitrogens with one attached hydrogen (secondary N) is 2. The summed E-state index contributed by atoms with van der Waals surface area (Å²) in [5.74, 6) is -0.0513. The molecule has 2 amide bonds. The van der Waals surface area contributed by atoms with E-state index >= 15 is 0 Å². The normalized spacial score (nSPS) is 11.6. The molecular formula is C21H19ClN2O3. The van der Waals surface area contributed by atoms with Gasteiger partial charge in [0.1, 0.15) is 11.8 Å². The molecule has 1 atom stereocenters. The van der Waals surface area contributed by atoms with Gasteiger partial charge in [0.05, 0.1) is 23.4 Å². The standard InChI is InChI=1S/C21H19ClN2O3/c22-18-11-5-4-10-17(18)20(25)24-19(13-15-7-2-1-3-8-15)21(26)23-14-16-9-6-12-27-16/h1-12,19H,13-14H2,(H,23,26)(H,24,25)/t19-/m0/s1. The van der Waals surface area contributed by atoms with E-state index in [4.69, 9.17) is 16.0 Å². The van der Waals surface area contributed by atoms with E-state index in [-0.39, 0.29) is 12.5 Å². The summed E-state index contributed by atoms with van der Waals surface area (Å²) in [7, 11) is 0. The summed E-state index contributed by atoms with van der Waals surface area (Å²) in [6.07, 6.45) is 1.91. The number of hydrogen-bond acceptors (Lipinski definition) is 3. The van der Waals surface area contributed by atoms with Gasteiger partial charge in [-0.15, -0.1) is 0 Å². The maximum absolute atomic E-state index is 12.7. The molecule has 1 aromatic heterocycles. The summed E-state index contributed by atoms with van der Waals surface area (Å²) < 4.78 is 5.23. The molecule has 0 aliphatic rings. The predicted octanol–water partition coefficient (Wildman–Crippen LogP) is 3.59. The summed E-state index contributed by atoms with van der Waals surface area (Å²) in [4.78, 5) is 25.3. The first-order valence-electron chi connectivity index (χ1n) is 8.53. The van der Waals surface area contributed by atoms with Gasteiger partial charge in [0.25, 0.3) is 5.91 Å². The minimum Gasteiger partial charge on any atom is -0.467 e. The van der Waals surface area contributed by atoms with Crippen LogP contribution < -0.4 is 10.6 Å². The molecule has 2 aromatic carbocycles. The number of amides is 2. The van der Waals surface area contributed by atoms with Crippen molar-refractivity contribution in [1.29, 1.82) is 0 Å². The van der Waals surface area contributed by atoms with Crippen LogP contribution in [0.4, 0.5) is 0 Å². The Morgan fingerprint density at radius 3 is 2.41 bits per heavy atom.